The lowest BCUT2D eigenvalue weighted by atomic mass is 9.98. The van der Waals surface area contributed by atoms with Gasteiger partial charge in [0, 0.05) is 15.5 Å². The molecule has 2 aromatic carbocycles. The summed E-state index contributed by atoms with van der Waals surface area (Å²) in [6.07, 6.45) is 0.882. The lowest BCUT2D eigenvalue weighted by Gasteiger charge is -2.20. The van der Waals surface area contributed by atoms with Crippen LogP contribution in [0.25, 0.3) is 0 Å². The maximum atomic E-state index is 5.97. The van der Waals surface area contributed by atoms with Crippen molar-refractivity contribution in [2.75, 3.05) is 13.7 Å². The fourth-order valence-corrected chi connectivity index (χ4v) is 2.84. The van der Waals surface area contributed by atoms with Crippen molar-refractivity contribution in [3.63, 3.8) is 0 Å². The number of hydrogen-bond acceptors (Lipinski definition) is 2. The van der Waals surface area contributed by atoms with Gasteiger partial charge in [0.1, 0.15) is 5.75 Å². The lowest BCUT2D eigenvalue weighted by molar-refractivity contribution is 0.413. The first-order valence-corrected chi connectivity index (χ1v) is 8.12. The molecule has 21 heavy (non-hydrogen) atoms. The number of benzene rings is 2. The summed E-state index contributed by atoms with van der Waals surface area (Å²) in [5.74, 6) is 0.875. The van der Waals surface area contributed by atoms with Crippen LogP contribution in [-0.2, 0) is 6.42 Å². The van der Waals surface area contributed by atoms with Gasteiger partial charge >= 0.3 is 0 Å². The number of hydrogen-bond donors (Lipinski definition) is 1. The van der Waals surface area contributed by atoms with Crippen molar-refractivity contribution in [3.8, 4) is 5.75 Å². The zero-order valence-electron chi connectivity index (χ0n) is 12.2. The predicted octanol–water partition coefficient (Wildman–Crippen LogP) is 5.00. The van der Waals surface area contributed by atoms with Gasteiger partial charge in [-0.3, -0.25) is 0 Å². The summed E-state index contributed by atoms with van der Waals surface area (Å²) >= 11 is 9.59. The SMILES string of the molecule is CCNC(Cc1cc(OC)ccc1Br)c1ccc(Cl)cc1. The van der Waals surface area contributed by atoms with Gasteiger partial charge in [-0.05, 0) is 54.4 Å². The molecular formula is C17H19BrClNO. The van der Waals surface area contributed by atoms with E-state index in [9.17, 15) is 0 Å². The molecule has 0 saturated heterocycles. The van der Waals surface area contributed by atoms with E-state index in [0.29, 0.717) is 0 Å². The highest BCUT2D eigenvalue weighted by atomic mass is 79.9. The molecule has 0 fully saturated rings. The van der Waals surface area contributed by atoms with Crippen molar-refractivity contribution in [1.82, 2.24) is 5.32 Å². The molecule has 0 heterocycles. The van der Waals surface area contributed by atoms with Gasteiger partial charge in [0.2, 0.25) is 0 Å². The molecule has 1 atom stereocenters. The fraction of sp³-hybridized carbons (Fsp3) is 0.294. The monoisotopic (exact) mass is 367 g/mol. The van der Waals surface area contributed by atoms with Gasteiger partial charge in [0.15, 0.2) is 0 Å². The molecule has 1 N–H and O–H groups in total. The molecule has 0 aliphatic carbocycles. The van der Waals surface area contributed by atoms with Crippen molar-refractivity contribution in [1.29, 1.82) is 0 Å². The highest BCUT2D eigenvalue weighted by Crippen LogP contribution is 2.28. The van der Waals surface area contributed by atoms with Crippen LogP contribution < -0.4 is 10.1 Å². The van der Waals surface area contributed by atoms with E-state index in [-0.39, 0.29) is 6.04 Å². The van der Waals surface area contributed by atoms with Crippen molar-refractivity contribution in [2.24, 2.45) is 0 Å². The number of ether oxygens (including phenoxy) is 1. The van der Waals surface area contributed by atoms with E-state index < -0.39 is 0 Å². The number of likely N-dealkylation sites (N-methyl/N-ethyl adjacent to an activating group) is 1. The van der Waals surface area contributed by atoms with E-state index in [2.05, 4.69) is 46.4 Å². The Morgan fingerprint density at radius 1 is 1.19 bits per heavy atom. The van der Waals surface area contributed by atoms with Crippen LogP contribution in [0.3, 0.4) is 0 Å². The Kier molecular flexibility index (Phi) is 6.09. The van der Waals surface area contributed by atoms with Gasteiger partial charge in [-0.15, -0.1) is 0 Å². The van der Waals surface area contributed by atoms with Gasteiger partial charge in [0.05, 0.1) is 7.11 Å². The van der Waals surface area contributed by atoms with Crippen LogP contribution in [0.1, 0.15) is 24.1 Å². The number of nitrogens with one attached hydrogen (secondary N) is 1. The number of methoxy groups -OCH3 is 1. The minimum Gasteiger partial charge on any atom is -0.497 e. The van der Waals surface area contributed by atoms with Crippen LogP contribution in [0, 0.1) is 0 Å². The van der Waals surface area contributed by atoms with E-state index in [1.54, 1.807) is 7.11 Å². The Bertz CT molecular complexity index is 586. The predicted molar refractivity (Wildman–Crippen MR) is 92.3 cm³/mol. The topological polar surface area (TPSA) is 21.3 Å². The van der Waals surface area contributed by atoms with Crippen LogP contribution >= 0.6 is 27.5 Å². The first-order chi connectivity index (χ1) is 10.1. The van der Waals surface area contributed by atoms with E-state index in [1.165, 1.54) is 11.1 Å². The lowest BCUT2D eigenvalue weighted by Crippen LogP contribution is -2.23. The summed E-state index contributed by atoms with van der Waals surface area (Å²) in [6, 6.07) is 14.3. The standard InChI is InChI=1S/C17H19BrClNO/c1-3-20-17(12-4-6-14(19)7-5-12)11-13-10-15(21-2)8-9-16(13)18/h4-10,17,20H,3,11H2,1-2H3. The summed E-state index contributed by atoms with van der Waals surface area (Å²) in [7, 11) is 1.69. The minimum absolute atomic E-state index is 0.246. The van der Waals surface area contributed by atoms with Gasteiger partial charge in [-0.2, -0.15) is 0 Å². The van der Waals surface area contributed by atoms with Crippen LogP contribution in [0.4, 0.5) is 0 Å². The normalized spacial score (nSPS) is 12.2. The second-order valence-electron chi connectivity index (χ2n) is 4.82. The van der Waals surface area contributed by atoms with Crippen molar-refractivity contribution in [3.05, 3.63) is 63.1 Å². The maximum Gasteiger partial charge on any atom is 0.119 e. The molecule has 112 valence electrons. The quantitative estimate of drug-likeness (QED) is 0.774. The molecule has 2 aromatic rings. The largest absolute Gasteiger partial charge is 0.497 e. The van der Waals surface area contributed by atoms with Crippen molar-refractivity contribution in [2.45, 2.75) is 19.4 Å². The third-order valence-electron chi connectivity index (χ3n) is 3.40. The van der Waals surface area contributed by atoms with E-state index >= 15 is 0 Å². The summed E-state index contributed by atoms with van der Waals surface area (Å²) in [6.45, 7) is 3.03. The summed E-state index contributed by atoms with van der Waals surface area (Å²) in [4.78, 5) is 0. The molecule has 0 aliphatic rings. The molecule has 4 heteroatoms. The zero-order valence-corrected chi connectivity index (χ0v) is 14.5. The second-order valence-corrected chi connectivity index (χ2v) is 6.11. The Morgan fingerprint density at radius 3 is 2.52 bits per heavy atom. The van der Waals surface area contributed by atoms with Crippen LogP contribution in [0.5, 0.6) is 5.75 Å². The van der Waals surface area contributed by atoms with E-state index in [4.69, 9.17) is 16.3 Å². The minimum atomic E-state index is 0.246. The fourth-order valence-electron chi connectivity index (χ4n) is 2.30. The van der Waals surface area contributed by atoms with Gasteiger partial charge in [0.25, 0.3) is 0 Å². The van der Waals surface area contributed by atoms with Gasteiger partial charge in [-0.1, -0.05) is 46.6 Å². The third kappa shape index (κ3) is 4.47. The Hall–Kier alpha value is -1.03. The number of rotatable bonds is 6. The molecule has 1 unspecified atom stereocenters. The summed E-state index contributed by atoms with van der Waals surface area (Å²) in [5, 5.41) is 4.29. The van der Waals surface area contributed by atoms with Gasteiger partial charge in [-0.25, -0.2) is 0 Å². The first kappa shape index (κ1) is 16.3. The number of halogens is 2. The molecule has 0 aliphatic heterocycles. The average molecular weight is 369 g/mol. The third-order valence-corrected chi connectivity index (χ3v) is 4.43. The average Bonchev–Trinajstić information content (AvgIpc) is 2.49. The summed E-state index contributed by atoms with van der Waals surface area (Å²) < 4.78 is 6.41. The molecule has 0 amide bonds. The van der Waals surface area contributed by atoms with E-state index in [1.807, 2.05) is 24.3 Å². The highest BCUT2D eigenvalue weighted by molar-refractivity contribution is 9.10. The molecule has 0 spiro atoms. The second kappa shape index (κ2) is 7.83. The molecule has 2 rings (SSSR count). The molecule has 0 aromatic heterocycles. The molecule has 0 bridgehead atoms. The Labute approximate surface area is 139 Å². The maximum absolute atomic E-state index is 5.97. The highest BCUT2D eigenvalue weighted by Gasteiger charge is 2.13. The summed E-state index contributed by atoms with van der Waals surface area (Å²) in [5.41, 5.74) is 2.45. The van der Waals surface area contributed by atoms with E-state index in [0.717, 1.165) is 28.2 Å². The van der Waals surface area contributed by atoms with Crippen LogP contribution in [0.2, 0.25) is 5.02 Å². The zero-order chi connectivity index (χ0) is 15.2. The smallest absolute Gasteiger partial charge is 0.119 e. The van der Waals surface area contributed by atoms with Crippen LogP contribution in [0.15, 0.2) is 46.9 Å². The van der Waals surface area contributed by atoms with Crippen molar-refractivity contribution < 1.29 is 4.74 Å². The first-order valence-electron chi connectivity index (χ1n) is 6.95. The van der Waals surface area contributed by atoms with Crippen LogP contribution in [-0.4, -0.2) is 13.7 Å². The molecule has 0 radical (unpaired) electrons. The Morgan fingerprint density at radius 2 is 1.90 bits per heavy atom. The van der Waals surface area contributed by atoms with Crippen molar-refractivity contribution >= 4 is 27.5 Å². The van der Waals surface area contributed by atoms with Gasteiger partial charge < -0.3 is 10.1 Å². The molecule has 2 nitrogen and oxygen atoms in total. The molecule has 0 saturated carbocycles. The Balaban J connectivity index is 2.25. The molecular weight excluding hydrogens is 350 g/mol.